The number of fused-ring (bicyclic) bond motifs is 1. The molecule has 0 aliphatic carbocycles. The lowest BCUT2D eigenvalue weighted by Crippen LogP contribution is -2.28. The van der Waals surface area contributed by atoms with Gasteiger partial charge in [0.15, 0.2) is 0 Å². The summed E-state index contributed by atoms with van der Waals surface area (Å²) >= 11 is 0. The van der Waals surface area contributed by atoms with Crippen LogP contribution in [0, 0.1) is 0 Å². The standard InChI is InChI=1S/C13H18N4O3S.ClH/c14-7-9-15-12(18)6-3-8-16-13-10-4-1-2-5-11(10)21(19,20)17-13;/h1-2,4-5H,3,6-9,14H2,(H,15,18)(H,16,17);1H. The predicted octanol–water partition coefficient (Wildman–Crippen LogP) is 0.00200. The molecule has 7 nitrogen and oxygen atoms in total. The molecule has 1 aliphatic heterocycles. The minimum absolute atomic E-state index is 0. The molecule has 0 bridgehead atoms. The van der Waals surface area contributed by atoms with Crippen LogP contribution >= 0.6 is 12.4 Å². The highest BCUT2D eigenvalue weighted by Gasteiger charge is 2.29. The molecule has 1 aromatic rings. The fourth-order valence-electron chi connectivity index (χ4n) is 1.98. The van der Waals surface area contributed by atoms with E-state index in [1.165, 1.54) is 0 Å². The summed E-state index contributed by atoms with van der Waals surface area (Å²) in [6.45, 7) is 1.25. The van der Waals surface area contributed by atoms with Crippen molar-refractivity contribution in [2.45, 2.75) is 17.7 Å². The molecule has 122 valence electrons. The number of carbonyl (C=O) groups is 1. The van der Waals surface area contributed by atoms with Crippen molar-refractivity contribution >= 4 is 34.2 Å². The van der Waals surface area contributed by atoms with Gasteiger partial charge in [-0.2, -0.15) is 0 Å². The molecular weight excluding hydrogens is 328 g/mol. The predicted molar refractivity (Wildman–Crippen MR) is 86.7 cm³/mol. The van der Waals surface area contributed by atoms with Gasteiger partial charge in [-0.3, -0.25) is 14.5 Å². The van der Waals surface area contributed by atoms with Gasteiger partial charge in [0.05, 0.1) is 4.90 Å². The van der Waals surface area contributed by atoms with E-state index in [2.05, 4.69) is 15.0 Å². The Balaban J connectivity index is 0.00000242. The average Bonchev–Trinajstić information content (AvgIpc) is 2.73. The number of nitrogens with two attached hydrogens (primary N) is 1. The zero-order chi connectivity index (χ0) is 15.3. The van der Waals surface area contributed by atoms with Crippen LogP contribution in [0.2, 0.25) is 0 Å². The van der Waals surface area contributed by atoms with E-state index in [1.54, 1.807) is 24.3 Å². The third-order valence-electron chi connectivity index (χ3n) is 2.96. The summed E-state index contributed by atoms with van der Waals surface area (Å²) in [4.78, 5) is 15.8. The van der Waals surface area contributed by atoms with Crippen LogP contribution in [0.3, 0.4) is 0 Å². The van der Waals surface area contributed by atoms with Crippen LogP contribution < -0.4 is 15.8 Å². The molecule has 0 spiro atoms. The number of sulfonamides is 1. The number of benzene rings is 1. The highest BCUT2D eigenvalue weighted by Crippen LogP contribution is 2.22. The zero-order valence-electron chi connectivity index (χ0n) is 11.9. The largest absolute Gasteiger partial charge is 0.355 e. The van der Waals surface area contributed by atoms with Crippen molar-refractivity contribution in [1.82, 2.24) is 10.0 Å². The number of halogens is 1. The van der Waals surface area contributed by atoms with Gasteiger partial charge in [0.1, 0.15) is 5.84 Å². The van der Waals surface area contributed by atoms with Gasteiger partial charge in [-0.25, -0.2) is 8.42 Å². The van der Waals surface area contributed by atoms with Crippen LogP contribution in [-0.4, -0.2) is 39.8 Å². The summed E-state index contributed by atoms with van der Waals surface area (Å²) in [5.74, 6) is 0.265. The second kappa shape index (κ2) is 8.11. The highest BCUT2D eigenvalue weighted by molar-refractivity contribution is 7.90. The number of amidine groups is 1. The van der Waals surface area contributed by atoms with Crippen LogP contribution in [0.4, 0.5) is 0 Å². The van der Waals surface area contributed by atoms with Gasteiger partial charge < -0.3 is 11.1 Å². The fourth-order valence-corrected chi connectivity index (χ4v) is 3.23. The lowest BCUT2D eigenvalue weighted by atomic mass is 10.2. The van der Waals surface area contributed by atoms with Crippen molar-refractivity contribution in [1.29, 1.82) is 0 Å². The normalized spacial score (nSPS) is 16.5. The number of nitrogens with zero attached hydrogens (tertiary/aromatic N) is 1. The summed E-state index contributed by atoms with van der Waals surface area (Å²) in [6, 6.07) is 6.68. The average molecular weight is 347 g/mol. The van der Waals surface area contributed by atoms with E-state index in [9.17, 15) is 13.2 Å². The minimum Gasteiger partial charge on any atom is -0.355 e. The van der Waals surface area contributed by atoms with Crippen LogP contribution in [0.1, 0.15) is 18.4 Å². The Hall–Kier alpha value is -1.64. The summed E-state index contributed by atoms with van der Waals surface area (Å²) < 4.78 is 26.1. The molecule has 4 N–H and O–H groups in total. The molecule has 1 aliphatic rings. The number of carbonyl (C=O) groups excluding carboxylic acids is 1. The summed E-state index contributed by atoms with van der Waals surface area (Å²) in [5, 5.41) is 2.67. The van der Waals surface area contributed by atoms with Crippen LogP contribution in [-0.2, 0) is 14.8 Å². The quantitative estimate of drug-likeness (QED) is 0.629. The van der Waals surface area contributed by atoms with Gasteiger partial charge in [-0.15, -0.1) is 12.4 Å². The third-order valence-corrected chi connectivity index (χ3v) is 4.36. The van der Waals surface area contributed by atoms with Crippen molar-refractivity contribution in [3.63, 3.8) is 0 Å². The van der Waals surface area contributed by atoms with Crippen LogP contribution in [0.15, 0.2) is 34.2 Å². The molecule has 22 heavy (non-hydrogen) atoms. The van der Waals surface area contributed by atoms with Crippen molar-refractivity contribution in [2.24, 2.45) is 10.7 Å². The molecule has 0 saturated heterocycles. The van der Waals surface area contributed by atoms with Gasteiger partial charge in [-0.1, -0.05) is 12.1 Å². The topological polar surface area (TPSA) is 114 Å². The van der Waals surface area contributed by atoms with E-state index in [-0.39, 0.29) is 23.2 Å². The molecule has 0 saturated carbocycles. The van der Waals surface area contributed by atoms with E-state index in [4.69, 9.17) is 5.73 Å². The monoisotopic (exact) mass is 346 g/mol. The van der Waals surface area contributed by atoms with E-state index < -0.39 is 10.0 Å². The van der Waals surface area contributed by atoms with Gasteiger partial charge in [0.2, 0.25) is 5.91 Å². The minimum atomic E-state index is -3.49. The number of hydrogen-bond acceptors (Lipinski definition) is 5. The molecule has 1 heterocycles. The van der Waals surface area contributed by atoms with Gasteiger partial charge in [0.25, 0.3) is 10.0 Å². The Morgan fingerprint density at radius 3 is 2.77 bits per heavy atom. The highest BCUT2D eigenvalue weighted by atomic mass is 35.5. The number of rotatable bonds is 6. The van der Waals surface area contributed by atoms with Crippen molar-refractivity contribution in [2.75, 3.05) is 19.6 Å². The summed E-state index contributed by atoms with van der Waals surface area (Å²) in [6.07, 6.45) is 0.884. The first kappa shape index (κ1) is 18.4. The number of nitrogens with one attached hydrogen (secondary N) is 2. The molecule has 0 unspecified atom stereocenters. The molecule has 2 rings (SSSR count). The van der Waals surface area contributed by atoms with Crippen molar-refractivity contribution in [3.05, 3.63) is 29.8 Å². The Bertz CT molecular complexity index is 661. The van der Waals surface area contributed by atoms with Gasteiger partial charge in [-0.05, 0) is 18.6 Å². The summed E-state index contributed by atoms with van der Waals surface area (Å²) in [5.41, 5.74) is 5.86. The van der Waals surface area contributed by atoms with E-state index in [0.29, 0.717) is 43.9 Å². The Kier molecular flexibility index (Phi) is 6.79. The Labute approximate surface area is 135 Å². The number of hydrogen-bond donors (Lipinski definition) is 3. The zero-order valence-corrected chi connectivity index (χ0v) is 13.5. The lowest BCUT2D eigenvalue weighted by Gasteiger charge is -2.02. The first-order chi connectivity index (χ1) is 10.0. The first-order valence-electron chi connectivity index (χ1n) is 6.68. The molecule has 9 heteroatoms. The number of amides is 1. The van der Waals surface area contributed by atoms with Gasteiger partial charge in [0, 0.05) is 31.6 Å². The summed E-state index contributed by atoms with van der Waals surface area (Å²) in [7, 11) is -3.49. The van der Waals surface area contributed by atoms with Crippen molar-refractivity contribution < 1.29 is 13.2 Å². The van der Waals surface area contributed by atoms with E-state index >= 15 is 0 Å². The Morgan fingerprint density at radius 1 is 1.32 bits per heavy atom. The Morgan fingerprint density at radius 2 is 2.05 bits per heavy atom. The molecule has 1 aromatic carbocycles. The maximum atomic E-state index is 11.9. The molecule has 1 amide bonds. The fraction of sp³-hybridized carbons (Fsp3) is 0.385. The van der Waals surface area contributed by atoms with Gasteiger partial charge >= 0.3 is 0 Å². The second-order valence-corrected chi connectivity index (χ2v) is 6.22. The third kappa shape index (κ3) is 4.43. The second-order valence-electron chi connectivity index (χ2n) is 4.57. The van der Waals surface area contributed by atoms with Crippen LogP contribution in [0.25, 0.3) is 0 Å². The number of aliphatic imine (C=N–C) groups is 1. The van der Waals surface area contributed by atoms with E-state index in [0.717, 1.165) is 0 Å². The molecule has 0 fully saturated rings. The molecule has 0 aromatic heterocycles. The smallest absolute Gasteiger partial charge is 0.263 e. The molecule has 0 atom stereocenters. The van der Waals surface area contributed by atoms with E-state index in [1.807, 2.05) is 0 Å². The molecule has 0 radical (unpaired) electrons. The SMILES string of the molecule is Cl.NCCNC(=O)CCCN=C1NS(=O)(=O)c2ccccc21. The lowest BCUT2D eigenvalue weighted by molar-refractivity contribution is -0.121. The van der Waals surface area contributed by atoms with Crippen LogP contribution in [0.5, 0.6) is 0 Å². The maximum absolute atomic E-state index is 11.9. The first-order valence-corrected chi connectivity index (χ1v) is 8.16. The maximum Gasteiger partial charge on any atom is 0.263 e. The molecular formula is C13H19ClN4O3S. The van der Waals surface area contributed by atoms with Crippen molar-refractivity contribution in [3.8, 4) is 0 Å².